The zero-order valence-electron chi connectivity index (χ0n) is 10.4. The van der Waals surface area contributed by atoms with Crippen molar-refractivity contribution >= 4 is 18.6 Å². The topological polar surface area (TPSA) is 35.5 Å². The Hall–Kier alpha value is -1.16. The summed E-state index contributed by atoms with van der Waals surface area (Å²) in [4.78, 5) is 12.3. The molecule has 1 aromatic carbocycles. The highest BCUT2D eigenvalue weighted by atomic mass is 32.1. The van der Waals surface area contributed by atoms with E-state index in [1.165, 1.54) is 0 Å². The third-order valence-corrected chi connectivity index (χ3v) is 2.63. The van der Waals surface area contributed by atoms with E-state index >= 15 is 0 Å². The van der Waals surface area contributed by atoms with E-state index in [4.69, 9.17) is 9.47 Å². The lowest BCUT2D eigenvalue weighted by atomic mass is 10.1. The molecule has 3 nitrogen and oxygen atoms in total. The van der Waals surface area contributed by atoms with Crippen molar-refractivity contribution < 1.29 is 14.3 Å². The highest BCUT2D eigenvalue weighted by Gasteiger charge is 2.16. The summed E-state index contributed by atoms with van der Waals surface area (Å²) in [7, 11) is 0. The van der Waals surface area contributed by atoms with Crippen LogP contribution in [-0.2, 0) is 16.0 Å². The molecule has 4 heteroatoms. The van der Waals surface area contributed by atoms with Gasteiger partial charge in [0.15, 0.2) is 6.10 Å². The van der Waals surface area contributed by atoms with Gasteiger partial charge in [-0.25, -0.2) is 4.79 Å². The number of hydrogen-bond acceptors (Lipinski definition) is 4. The molecule has 0 aliphatic carbocycles. The van der Waals surface area contributed by atoms with Gasteiger partial charge < -0.3 is 9.47 Å². The average Bonchev–Trinajstić information content (AvgIpc) is 2.31. The van der Waals surface area contributed by atoms with Crippen LogP contribution in [0.25, 0.3) is 0 Å². The summed E-state index contributed by atoms with van der Waals surface area (Å²) in [5.41, 5.74) is 1.04. The second kappa shape index (κ2) is 6.55. The van der Waals surface area contributed by atoms with Gasteiger partial charge >= 0.3 is 5.97 Å². The minimum Gasteiger partial charge on any atom is -0.479 e. The van der Waals surface area contributed by atoms with Crippen LogP contribution >= 0.6 is 12.6 Å². The second-order valence-electron chi connectivity index (χ2n) is 3.66. The molecule has 17 heavy (non-hydrogen) atoms. The first kappa shape index (κ1) is 13.9. The van der Waals surface area contributed by atoms with Crippen molar-refractivity contribution in [2.24, 2.45) is 0 Å². The Bertz CT molecular complexity index is 390. The fourth-order valence-electron chi connectivity index (χ4n) is 1.46. The molecule has 1 rings (SSSR count). The van der Waals surface area contributed by atoms with Gasteiger partial charge in [-0.1, -0.05) is 6.92 Å². The molecular formula is C13H18O3S. The van der Waals surface area contributed by atoms with Gasteiger partial charge in [0.25, 0.3) is 0 Å². The molecule has 0 radical (unpaired) electrons. The van der Waals surface area contributed by atoms with E-state index in [-0.39, 0.29) is 5.97 Å². The fraction of sp³-hybridized carbons (Fsp3) is 0.462. The number of esters is 1. The Balaban J connectivity index is 2.77. The molecule has 0 spiro atoms. The molecule has 1 atom stereocenters. The molecule has 0 heterocycles. The number of carbonyl (C=O) groups excluding carboxylic acids is 1. The Labute approximate surface area is 108 Å². The molecular weight excluding hydrogens is 236 g/mol. The van der Waals surface area contributed by atoms with Gasteiger partial charge in [0, 0.05) is 4.90 Å². The minimum atomic E-state index is -0.592. The Morgan fingerprint density at radius 2 is 2.12 bits per heavy atom. The van der Waals surface area contributed by atoms with Crippen LogP contribution in [0, 0.1) is 0 Å². The lowest BCUT2D eigenvalue weighted by Gasteiger charge is -2.16. The molecule has 0 aliphatic heterocycles. The maximum absolute atomic E-state index is 11.5. The minimum absolute atomic E-state index is 0.343. The van der Waals surface area contributed by atoms with Gasteiger partial charge in [0.05, 0.1) is 6.61 Å². The molecule has 1 aromatic rings. The molecule has 0 fully saturated rings. The molecule has 0 saturated carbocycles. The van der Waals surface area contributed by atoms with Crippen LogP contribution in [0.4, 0.5) is 0 Å². The summed E-state index contributed by atoms with van der Waals surface area (Å²) in [6.07, 6.45) is 0.241. The Morgan fingerprint density at radius 1 is 1.41 bits per heavy atom. The van der Waals surface area contributed by atoms with Gasteiger partial charge in [-0.05, 0) is 44.0 Å². The summed E-state index contributed by atoms with van der Waals surface area (Å²) < 4.78 is 10.5. The fourth-order valence-corrected chi connectivity index (χ4v) is 1.69. The van der Waals surface area contributed by atoms with Crippen molar-refractivity contribution in [3.05, 3.63) is 23.8 Å². The predicted molar refractivity (Wildman–Crippen MR) is 69.8 cm³/mol. The lowest BCUT2D eigenvalue weighted by Crippen LogP contribution is -2.26. The van der Waals surface area contributed by atoms with E-state index in [0.29, 0.717) is 12.4 Å². The number of hydrogen-bond donors (Lipinski definition) is 1. The van der Waals surface area contributed by atoms with Crippen LogP contribution in [0.3, 0.4) is 0 Å². The summed E-state index contributed by atoms with van der Waals surface area (Å²) >= 11 is 4.27. The van der Waals surface area contributed by atoms with Gasteiger partial charge in [-0.2, -0.15) is 0 Å². The van der Waals surface area contributed by atoms with E-state index < -0.39 is 6.10 Å². The van der Waals surface area contributed by atoms with Gasteiger partial charge in [-0.15, -0.1) is 12.6 Å². The first-order valence-corrected chi connectivity index (χ1v) is 6.18. The van der Waals surface area contributed by atoms with Crippen LogP contribution in [0.2, 0.25) is 0 Å². The highest BCUT2D eigenvalue weighted by Crippen LogP contribution is 2.23. The molecule has 1 unspecified atom stereocenters. The lowest BCUT2D eigenvalue weighted by molar-refractivity contribution is -0.150. The number of benzene rings is 1. The third kappa shape index (κ3) is 3.97. The maximum Gasteiger partial charge on any atom is 0.347 e. The standard InChI is InChI=1S/C13H18O3S/c1-4-10-8-11(17)6-7-12(10)16-9(3)13(14)15-5-2/h6-9,17H,4-5H2,1-3H3. The summed E-state index contributed by atoms with van der Waals surface area (Å²) in [5.74, 6) is 0.371. The van der Waals surface area contributed by atoms with Crippen LogP contribution in [-0.4, -0.2) is 18.7 Å². The average molecular weight is 254 g/mol. The quantitative estimate of drug-likeness (QED) is 0.648. The van der Waals surface area contributed by atoms with Gasteiger partial charge in [0.2, 0.25) is 0 Å². The third-order valence-electron chi connectivity index (χ3n) is 2.35. The number of ether oxygens (including phenoxy) is 2. The summed E-state index contributed by atoms with van der Waals surface area (Å²) in [6, 6.07) is 5.61. The van der Waals surface area contributed by atoms with Crippen molar-refractivity contribution in [1.29, 1.82) is 0 Å². The van der Waals surface area contributed by atoms with Gasteiger partial charge in [-0.3, -0.25) is 0 Å². The zero-order valence-corrected chi connectivity index (χ0v) is 11.3. The van der Waals surface area contributed by atoms with E-state index in [9.17, 15) is 4.79 Å². The summed E-state index contributed by atoms with van der Waals surface area (Å²) in [6.45, 7) is 5.86. The highest BCUT2D eigenvalue weighted by molar-refractivity contribution is 7.80. The Morgan fingerprint density at radius 3 is 2.71 bits per heavy atom. The van der Waals surface area contributed by atoms with Crippen molar-refractivity contribution in [2.75, 3.05) is 6.61 Å². The first-order chi connectivity index (χ1) is 8.08. The molecule has 0 amide bonds. The second-order valence-corrected chi connectivity index (χ2v) is 4.17. The van der Waals surface area contributed by atoms with E-state index in [0.717, 1.165) is 16.9 Å². The van der Waals surface area contributed by atoms with Gasteiger partial charge in [0.1, 0.15) is 5.75 Å². The number of aryl methyl sites for hydroxylation is 1. The number of carbonyl (C=O) groups is 1. The van der Waals surface area contributed by atoms with Crippen LogP contribution in [0.15, 0.2) is 23.1 Å². The van der Waals surface area contributed by atoms with E-state index in [2.05, 4.69) is 12.6 Å². The van der Waals surface area contributed by atoms with Crippen molar-refractivity contribution in [2.45, 2.75) is 38.2 Å². The normalized spacial score (nSPS) is 12.0. The van der Waals surface area contributed by atoms with Crippen molar-refractivity contribution in [3.63, 3.8) is 0 Å². The summed E-state index contributed by atoms with van der Waals surface area (Å²) in [5, 5.41) is 0. The smallest absolute Gasteiger partial charge is 0.347 e. The zero-order chi connectivity index (χ0) is 12.8. The SMILES string of the molecule is CCOC(=O)C(C)Oc1ccc(S)cc1CC. The first-order valence-electron chi connectivity index (χ1n) is 5.73. The van der Waals surface area contributed by atoms with Crippen molar-refractivity contribution in [1.82, 2.24) is 0 Å². The molecule has 0 N–H and O–H groups in total. The molecule has 0 aromatic heterocycles. The monoisotopic (exact) mass is 254 g/mol. The largest absolute Gasteiger partial charge is 0.479 e. The molecule has 94 valence electrons. The molecule has 0 saturated heterocycles. The molecule has 0 bridgehead atoms. The maximum atomic E-state index is 11.5. The van der Waals surface area contributed by atoms with Crippen LogP contribution in [0.5, 0.6) is 5.75 Å². The number of thiol groups is 1. The molecule has 0 aliphatic rings. The van der Waals surface area contributed by atoms with Crippen LogP contribution in [0.1, 0.15) is 26.3 Å². The Kier molecular flexibility index (Phi) is 5.35. The number of rotatable bonds is 5. The predicted octanol–water partition coefficient (Wildman–Crippen LogP) is 2.87. The van der Waals surface area contributed by atoms with E-state index in [1.54, 1.807) is 13.8 Å². The van der Waals surface area contributed by atoms with Crippen molar-refractivity contribution in [3.8, 4) is 5.75 Å². The van der Waals surface area contributed by atoms with E-state index in [1.807, 2.05) is 25.1 Å². The van der Waals surface area contributed by atoms with Crippen LogP contribution < -0.4 is 4.74 Å².